The molecule has 0 saturated carbocycles. The number of aromatic nitrogens is 3. The van der Waals surface area contributed by atoms with Crippen LogP contribution in [0.1, 0.15) is 21.6 Å². The summed E-state index contributed by atoms with van der Waals surface area (Å²) < 4.78 is 1.18. The Labute approximate surface area is 166 Å². The first-order valence-corrected chi connectivity index (χ1v) is 8.85. The van der Waals surface area contributed by atoms with Crippen molar-refractivity contribution < 1.29 is 9.59 Å². The Hall–Kier alpha value is -3.39. The Morgan fingerprint density at radius 1 is 1.07 bits per heavy atom. The molecule has 0 aliphatic heterocycles. The van der Waals surface area contributed by atoms with Crippen molar-refractivity contribution in [1.82, 2.24) is 15.0 Å². The number of nitrogens with one attached hydrogen (secondary N) is 2. The number of amides is 2. The number of hydrogen-bond acceptors (Lipinski definition) is 5. The van der Waals surface area contributed by atoms with E-state index in [-0.39, 0.29) is 24.0 Å². The van der Waals surface area contributed by atoms with Gasteiger partial charge in [0.2, 0.25) is 5.91 Å². The zero-order valence-corrected chi connectivity index (χ0v) is 16.1. The number of aryl methyl sites for hydroxylation is 2. The summed E-state index contributed by atoms with van der Waals surface area (Å²) in [5, 5.41) is 13.7. The molecule has 2 amide bonds. The molecule has 28 heavy (non-hydrogen) atoms. The maximum atomic E-state index is 12.4. The number of carbonyl (C=O) groups is 2. The van der Waals surface area contributed by atoms with Crippen molar-refractivity contribution in [2.75, 3.05) is 16.4 Å². The lowest BCUT2D eigenvalue weighted by Gasteiger charge is -2.11. The van der Waals surface area contributed by atoms with E-state index in [1.807, 2.05) is 32.0 Å². The van der Waals surface area contributed by atoms with Crippen molar-refractivity contribution in [3.8, 4) is 0 Å². The number of halogens is 1. The van der Waals surface area contributed by atoms with Crippen molar-refractivity contribution in [1.29, 1.82) is 0 Å². The number of anilines is 3. The second kappa shape index (κ2) is 8.10. The zero-order chi connectivity index (χ0) is 20.3. The molecule has 0 bridgehead atoms. The average Bonchev–Trinajstić information content (AvgIpc) is 3.01. The van der Waals surface area contributed by atoms with E-state index in [4.69, 9.17) is 17.3 Å². The molecule has 8 nitrogen and oxygen atoms in total. The molecule has 9 heteroatoms. The van der Waals surface area contributed by atoms with E-state index in [1.54, 1.807) is 24.3 Å². The summed E-state index contributed by atoms with van der Waals surface area (Å²) in [6, 6.07) is 12.3. The molecule has 0 spiro atoms. The van der Waals surface area contributed by atoms with Crippen LogP contribution in [0.15, 0.2) is 42.5 Å². The predicted octanol–water partition coefficient (Wildman–Crippen LogP) is 3.02. The quantitative estimate of drug-likeness (QED) is 0.611. The number of para-hydroxylation sites is 1. The van der Waals surface area contributed by atoms with Crippen LogP contribution in [0.25, 0.3) is 0 Å². The Bertz CT molecular complexity index is 1010. The molecule has 0 aliphatic carbocycles. The Morgan fingerprint density at radius 2 is 1.71 bits per heavy atom. The Morgan fingerprint density at radius 3 is 2.36 bits per heavy atom. The van der Waals surface area contributed by atoms with E-state index in [1.165, 1.54) is 4.68 Å². The zero-order valence-electron chi connectivity index (χ0n) is 15.4. The molecule has 3 rings (SSSR count). The van der Waals surface area contributed by atoms with Crippen molar-refractivity contribution in [2.45, 2.75) is 20.4 Å². The van der Waals surface area contributed by atoms with Crippen molar-refractivity contribution in [3.05, 3.63) is 64.3 Å². The first-order chi connectivity index (χ1) is 13.3. The third-order valence-corrected chi connectivity index (χ3v) is 4.38. The summed E-state index contributed by atoms with van der Waals surface area (Å²) >= 11 is 5.82. The van der Waals surface area contributed by atoms with E-state index in [0.29, 0.717) is 10.7 Å². The molecular formula is C19H19ClN6O2. The first kappa shape index (κ1) is 19.4. The molecule has 0 radical (unpaired) electrons. The van der Waals surface area contributed by atoms with Crippen LogP contribution in [0, 0.1) is 13.8 Å². The number of benzene rings is 2. The molecular weight excluding hydrogens is 380 g/mol. The van der Waals surface area contributed by atoms with E-state index in [9.17, 15) is 9.59 Å². The number of rotatable bonds is 5. The van der Waals surface area contributed by atoms with Crippen LogP contribution in [0.4, 0.5) is 17.2 Å². The van der Waals surface area contributed by atoms with Gasteiger partial charge in [0, 0.05) is 16.4 Å². The lowest BCUT2D eigenvalue weighted by atomic mass is 10.1. The Kier molecular flexibility index (Phi) is 5.60. The van der Waals surface area contributed by atoms with Gasteiger partial charge in [0.05, 0.1) is 0 Å². The SMILES string of the molecule is Cc1cccc(C)c1NC(=O)Cn1nnc(C(=O)Nc2ccc(Cl)cc2)c1N. The fourth-order valence-corrected chi connectivity index (χ4v) is 2.77. The van der Waals surface area contributed by atoms with Gasteiger partial charge in [0.15, 0.2) is 11.5 Å². The molecule has 4 N–H and O–H groups in total. The van der Waals surface area contributed by atoms with Crippen LogP contribution in [0.5, 0.6) is 0 Å². The minimum Gasteiger partial charge on any atom is -0.382 e. The van der Waals surface area contributed by atoms with Crippen LogP contribution in [0.3, 0.4) is 0 Å². The monoisotopic (exact) mass is 398 g/mol. The lowest BCUT2D eigenvalue weighted by Crippen LogP contribution is -2.22. The maximum absolute atomic E-state index is 12.4. The van der Waals surface area contributed by atoms with Gasteiger partial charge in [-0.25, -0.2) is 4.68 Å². The highest BCUT2D eigenvalue weighted by atomic mass is 35.5. The second-order valence-corrected chi connectivity index (χ2v) is 6.69. The van der Waals surface area contributed by atoms with Gasteiger partial charge in [-0.3, -0.25) is 9.59 Å². The molecule has 2 aromatic carbocycles. The Balaban J connectivity index is 1.69. The van der Waals surface area contributed by atoms with E-state index < -0.39 is 5.91 Å². The first-order valence-electron chi connectivity index (χ1n) is 8.47. The summed E-state index contributed by atoms with van der Waals surface area (Å²) in [5.41, 5.74) is 9.07. The molecule has 0 fully saturated rings. The lowest BCUT2D eigenvalue weighted by molar-refractivity contribution is -0.116. The van der Waals surface area contributed by atoms with E-state index in [2.05, 4.69) is 20.9 Å². The third kappa shape index (κ3) is 4.29. The number of carbonyl (C=O) groups excluding carboxylic acids is 2. The third-order valence-electron chi connectivity index (χ3n) is 4.13. The standard InChI is InChI=1S/C19H19ClN6O2/c1-11-4-3-5-12(2)16(11)23-15(27)10-26-18(21)17(24-25-26)19(28)22-14-8-6-13(20)7-9-14/h3-9H,10,21H2,1-2H3,(H,22,28)(H,23,27). The summed E-state index contributed by atoms with van der Waals surface area (Å²) in [4.78, 5) is 24.7. The minimum absolute atomic E-state index is 0.00289. The molecule has 0 atom stereocenters. The van der Waals surface area contributed by atoms with Crippen LogP contribution < -0.4 is 16.4 Å². The van der Waals surface area contributed by atoms with Gasteiger partial charge < -0.3 is 16.4 Å². The largest absolute Gasteiger partial charge is 0.382 e. The smallest absolute Gasteiger partial charge is 0.280 e. The van der Waals surface area contributed by atoms with Crippen molar-refractivity contribution in [2.24, 2.45) is 0 Å². The molecule has 0 unspecified atom stereocenters. The van der Waals surface area contributed by atoms with Gasteiger partial charge >= 0.3 is 0 Å². The number of nitrogens with zero attached hydrogens (tertiary/aromatic N) is 3. The number of nitrogens with two attached hydrogens (primary N) is 1. The molecule has 144 valence electrons. The molecule has 0 saturated heterocycles. The van der Waals surface area contributed by atoms with Gasteiger partial charge in [-0.1, -0.05) is 35.0 Å². The average molecular weight is 399 g/mol. The van der Waals surface area contributed by atoms with Crippen LogP contribution in [0.2, 0.25) is 5.02 Å². The van der Waals surface area contributed by atoms with Gasteiger partial charge in [0.25, 0.3) is 5.91 Å². The second-order valence-electron chi connectivity index (χ2n) is 6.26. The highest BCUT2D eigenvalue weighted by Gasteiger charge is 2.19. The topological polar surface area (TPSA) is 115 Å². The van der Waals surface area contributed by atoms with Crippen molar-refractivity contribution >= 4 is 40.6 Å². The summed E-state index contributed by atoms with van der Waals surface area (Å²) in [5.74, 6) is -0.844. The fourth-order valence-electron chi connectivity index (χ4n) is 2.65. The maximum Gasteiger partial charge on any atom is 0.280 e. The van der Waals surface area contributed by atoms with Gasteiger partial charge in [-0.15, -0.1) is 5.10 Å². The molecule has 1 aromatic heterocycles. The minimum atomic E-state index is -0.527. The summed E-state index contributed by atoms with van der Waals surface area (Å²) in [7, 11) is 0. The fraction of sp³-hybridized carbons (Fsp3) is 0.158. The number of nitrogen functional groups attached to an aromatic ring is 1. The van der Waals surface area contributed by atoms with E-state index in [0.717, 1.165) is 16.8 Å². The van der Waals surface area contributed by atoms with E-state index >= 15 is 0 Å². The molecule has 1 heterocycles. The molecule has 0 aliphatic rings. The highest BCUT2D eigenvalue weighted by molar-refractivity contribution is 6.30. The molecule has 3 aromatic rings. The highest BCUT2D eigenvalue weighted by Crippen LogP contribution is 2.20. The summed E-state index contributed by atoms with van der Waals surface area (Å²) in [6.45, 7) is 3.65. The van der Waals surface area contributed by atoms with Gasteiger partial charge in [-0.2, -0.15) is 0 Å². The normalized spacial score (nSPS) is 10.5. The predicted molar refractivity (Wildman–Crippen MR) is 108 cm³/mol. The number of hydrogen-bond donors (Lipinski definition) is 3. The van der Waals surface area contributed by atoms with Gasteiger partial charge in [-0.05, 0) is 49.2 Å². The van der Waals surface area contributed by atoms with Crippen LogP contribution in [-0.2, 0) is 11.3 Å². The van der Waals surface area contributed by atoms with Crippen LogP contribution in [-0.4, -0.2) is 26.8 Å². The van der Waals surface area contributed by atoms with Gasteiger partial charge in [0.1, 0.15) is 6.54 Å². The van der Waals surface area contributed by atoms with Crippen LogP contribution >= 0.6 is 11.6 Å². The van der Waals surface area contributed by atoms with Crippen molar-refractivity contribution in [3.63, 3.8) is 0 Å². The summed E-state index contributed by atoms with van der Waals surface area (Å²) in [6.07, 6.45) is 0.